The number of aryl methyl sites for hydroxylation is 2. The summed E-state index contributed by atoms with van der Waals surface area (Å²) in [6, 6.07) is 14.9. The number of nitrogens with zero attached hydrogens (tertiary/aromatic N) is 3. The molecule has 0 radical (unpaired) electrons. The van der Waals surface area contributed by atoms with Crippen LogP contribution in [0.2, 0.25) is 0 Å². The van der Waals surface area contributed by atoms with E-state index in [0.29, 0.717) is 0 Å². The van der Waals surface area contributed by atoms with Gasteiger partial charge in [-0.15, -0.1) is 10.2 Å². The molecule has 1 aromatic heterocycles. The monoisotopic (exact) mass is 365 g/mol. The maximum absolute atomic E-state index is 4.61. The lowest BCUT2D eigenvalue weighted by molar-refractivity contribution is 0.533. The van der Waals surface area contributed by atoms with Crippen LogP contribution < -0.4 is 0 Å². The standard InChI is InChI=1S/C22H27N3S/c1-15-10-8-11-16(2)19(15)25-20(23-24-21(25)22(3,4)5)17-12-9-13-18(14-17)26(6)7/h8-14H,6H2,1-5,7H3. The lowest BCUT2D eigenvalue weighted by atomic mass is 9.95. The molecule has 3 aromatic rings. The summed E-state index contributed by atoms with van der Waals surface area (Å²) in [7, 11) is -0.0406. The van der Waals surface area contributed by atoms with Gasteiger partial charge in [-0.3, -0.25) is 4.57 Å². The first-order chi connectivity index (χ1) is 12.2. The summed E-state index contributed by atoms with van der Waals surface area (Å²) in [4.78, 5) is 1.23. The van der Waals surface area contributed by atoms with E-state index in [9.17, 15) is 0 Å². The zero-order valence-corrected chi connectivity index (χ0v) is 17.3. The summed E-state index contributed by atoms with van der Waals surface area (Å²) >= 11 is 0. The molecule has 1 unspecified atom stereocenters. The Kier molecular flexibility index (Phi) is 4.89. The predicted octanol–water partition coefficient (Wildman–Crippen LogP) is 5.54. The molecule has 1 atom stereocenters. The molecule has 2 aromatic carbocycles. The van der Waals surface area contributed by atoms with Crippen molar-refractivity contribution in [3.63, 3.8) is 0 Å². The van der Waals surface area contributed by atoms with Gasteiger partial charge in [0.25, 0.3) is 0 Å². The Hall–Kier alpha value is -2.20. The minimum Gasteiger partial charge on any atom is -0.278 e. The third-order valence-electron chi connectivity index (χ3n) is 4.49. The van der Waals surface area contributed by atoms with Crippen LogP contribution >= 0.6 is 10.5 Å². The molecular formula is C22H27N3S. The van der Waals surface area contributed by atoms with E-state index in [1.54, 1.807) is 0 Å². The molecule has 0 bridgehead atoms. The number of rotatable bonds is 3. The van der Waals surface area contributed by atoms with Gasteiger partial charge in [0.05, 0.1) is 5.69 Å². The molecule has 0 N–H and O–H groups in total. The first kappa shape index (κ1) is 18.6. The summed E-state index contributed by atoms with van der Waals surface area (Å²) in [5.41, 5.74) is 4.59. The molecule has 4 heteroatoms. The third kappa shape index (κ3) is 3.38. The second kappa shape index (κ2) is 6.84. The van der Waals surface area contributed by atoms with E-state index in [1.807, 2.05) is 0 Å². The molecule has 0 fully saturated rings. The van der Waals surface area contributed by atoms with Crippen LogP contribution in [-0.2, 0) is 5.41 Å². The van der Waals surface area contributed by atoms with Crippen molar-refractivity contribution in [2.45, 2.75) is 44.9 Å². The van der Waals surface area contributed by atoms with Gasteiger partial charge in [-0.25, -0.2) is 0 Å². The second-order valence-corrected chi connectivity index (χ2v) is 9.58. The first-order valence-electron chi connectivity index (χ1n) is 8.78. The highest BCUT2D eigenvalue weighted by atomic mass is 32.2. The van der Waals surface area contributed by atoms with Crippen LogP contribution in [0.5, 0.6) is 0 Å². The highest BCUT2D eigenvalue weighted by molar-refractivity contribution is 8.13. The fourth-order valence-electron chi connectivity index (χ4n) is 3.18. The smallest absolute Gasteiger partial charge is 0.168 e. The Morgan fingerprint density at radius 3 is 2.15 bits per heavy atom. The van der Waals surface area contributed by atoms with Crippen molar-refractivity contribution in [2.24, 2.45) is 0 Å². The Bertz CT molecular complexity index is 957. The van der Waals surface area contributed by atoms with E-state index in [1.165, 1.54) is 21.7 Å². The molecule has 0 amide bonds. The van der Waals surface area contributed by atoms with Gasteiger partial charge >= 0.3 is 0 Å². The van der Waals surface area contributed by atoms with E-state index in [2.05, 4.69) is 104 Å². The average Bonchev–Trinajstić information content (AvgIpc) is 3.00. The Balaban J connectivity index is 2.34. The van der Waals surface area contributed by atoms with E-state index in [0.717, 1.165) is 17.2 Å². The van der Waals surface area contributed by atoms with Gasteiger partial charge in [0.2, 0.25) is 0 Å². The number of hydrogen-bond donors (Lipinski definition) is 0. The van der Waals surface area contributed by atoms with Crippen molar-refractivity contribution in [2.75, 3.05) is 6.26 Å². The Morgan fingerprint density at radius 2 is 1.58 bits per heavy atom. The van der Waals surface area contributed by atoms with Crippen molar-refractivity contribution in [3.05, 3.63) is 59.4 Å². The summed E-state index contributed by atoms with van der Waals surface area (Å²) in [5.74, 6) is 6.04. The van der Waals surface area contributed by atoms with Crippen molar-refractivity contribution < 1.29 is 0 Å². The fraction of sp³-hybridized carbons (Fsp3) is 0.318. The van der Waals surface area contributed by atoms with Gasteiger partial charge in [0, 0.05) is 15.9 Å². The van der Waals surface area contributed by atoms with Crippen LogP contribution in [0.15, 0.2) is 47.4 Å². The zero-order valence-electron chi connectivity index (χ0n) is 16.5. The summed E-state index contributed by atoms with van der Waals surface area (Å²) < 4.78 is 2.24. The summed E-state index contributed by atoms with van der Waals surface area (Å²) in [6.45, 7) is 10.8. The van der Waals surface area contributed by atoms with Gasteiger partial charge in [-0.1, -0.05) is 57.0 Å². The number of benzene rings is 2. The number of aromatic nitrogens is 3. The highest BCUT2D eigenvalue weighted by Crippen LogP contribution is 2.33. The molecule has 0 aliphatic heterocycles. The van der Waals surface area contributed by atoms with Crippen LogP contribution in [0.25, 0.3) is 17.1 Å². The zero-order chi connectivity index (χ0) is 19.1. The largest absolute Gasteiger partial charge is 0.278 e. The average molecular weight is 366 g/mol. The van der Waals surface area contributed by atoms with Crippen LogP contribution in [0.1, 0.15) is 37.7 Å². The Morgan fingerprint density at radius 1 is 0.962 bits per heavy atom. The van der Waals surface area contributed by atoms with Crippen LogP contribution in [0.4, 0.5) is 0 Å². The molecule has 0 saturated heterocycles. The summed E-state index contributed by atoms with van der Waals surface area (Å²) in [6.07, 6.45) is 2.13. The first-order valence-corrected chi connectivity index (χ1v) is 10.6. The van der Waals surface area contributed by atoms with E-state index >= 15 is 0 Å². The number of para-hydroxylation sites is 1. The van der Waals surface area contributed by atoms with Crippen molar-refractivity contribution in [1.29, 1.82) is 0 Å². The molecule has 3 nitrogen and oxygen atoms in total. The topological polar surface area (TPSA) is 30.7 Å². The summed E-state index contributed by atoms with van der Waals surface area (Å²) in [5, 5.41) is 9.20. The Labute approximate surface area is 159 Å². The van der Waals surface area contributed by atoms with Gasteiger partial charge in [-0.2, -0.15) is 10.5 Å². The van der Waals surface area contributed by atoms with Gasteiger partial charge < -0.3 is 0 Å². The molecular weight excluding hydrogens is 338 g/mol. The second-order valence-electron chi connectivity index (χ2n) is 7.84. The lowest BCUT2D eigenvalue weighted by Gasteiger charge is -2.22. The molecule has 0 aliphatic rings. The van der Waals surface area contributed by atoms with Crippen LogP contribution in [0.3, 0.4) is 0 Å². The predicted molar refractivity (Wildman–Crippen MR) is 114 cm³/mol. The molecule has 3 rings (SSSR count). The van der Waals surface area contributed by atoms with Crippen LogP contribution in [0, 0.1) is 13.8 Å². The third-order valence-corrected chi connectivity index (χ3v) is 5.55. The van der Waals surface area contributed by atoms with Crippen molar-refractivity contribution in [3.8, 4) is 17.1 Å². The van der Waals surface area contributed by atoms with E-state index in [4.69, 9.17) is 0 Å². The normalized spacial score (nSPS) is 13.0. The minimum atomic E-state index is -0.112. The van der Waals surface area contributed by atoms with E-state index in [-0.39, 0.29) is 15.9 Å². The molecule has 0 spiro atoms. The van der Waals surface area contributed by atoms with Gasteiger partial charge in [-0.05, 0) is 43.4 Å². The van der Waals surface area contributed by atoms with Gasteiger partial charge in [0.1, 0.15) is 5.82 Å². The molecule has 1 heterocycles. The fourth-order valence-corrected chi connectivity index (χ4v) is 3.82. The van der Waals surface area contributed by atoms with Crippen LogP contribution in [-0.4, -0.2) is 26.9 Å². The molecule has 0 aliphatic carbocycles. The van der Waals surface area contributed by atoms with Gasteiger partial charge in [0.15, 0.2) is 5.82 Å². The number of hydrogen-bond acceptors (Lipinski definition) is 2. The molecule has 136 valence electrons. The van der Waals surface area contributed by atoms with Crippen molar-refractivity contribution >= 4 is 16.4 Å². The maximum atomic E-state index is 4.61. The minimum absolute atomic E-state index is 0.0406. The maximum Gasteiger partial charge on any atom is 0.168 e. The van der Waals surface area contributed by atoms with E-state index < -0.39 is 0 Å². The molecule has 0 saturated carbocycles. The highest BCUT2D eigenvalue weighted by Gasteiger charge is 2.26. The quantitative estimate of drug-likeness (QED) is 0.571. The lowest BCUT2D eigenvalue weighted by Crippen LogP contribution is -2.19. The molecule has 26 heavy (non-hydrogen) atoms. The van der Waals surface area contributed by atoms with Crippen molar-refractivity contribution in [1.82, 2.24) is 14.8 Å². The SMILES string of the molecule is C=S(C)c1cccc(-c2nnc(C(C)(C)C)n2-c2c(C)cccc2C)c1.